The van der Waals surface area contributed by atoms with Gasteiger partial charge in [-0.15, -0.1) is 0 Å². The quantitative estimate of drug-likeness (QED) is 0.666. The van der Waals surface area contributed by atoms with Crippen LogP contribution >= 0.6 is 15.9 Å². The van der Waals surface area contributed by atoms with Gasteiger partial charge in [-0.2, -0.15) is 0 Å². The van der Waals surface area contributed by atoms with Crippen LogP contribution in [0.25, 0.3) is 0 Å². The van der Waals surface area contributed by atoms with Crippen molar-refractivity contribution in [3.63, 3.8) is 0 Å². The summed E-state index contributed by atoms with van der Waals surface area (Å²) in [6.45, 7) is 0.989. The lowest BCUT2D eigenvalue weighted by atomic mass is 10.2. The second-order valence-corrected chi connectivity index (χ2v) is 4.83. The van der Waals surface area contributed by atoms with Gasteiger partial charge in [0.1, 0.15) is 0 Å². The zero-order chi connectivity index (χ0) is 14.5. The Bertz CT molecular complexity index is 628. The molecule has 8 heteroatoms. The zero-order valence-corrected chi connectivity index (χ0v) is 11.9. The van der Waals surface area contributed by atoms with Gasteiger partial charge in [0.15, 0.2) is 0 Å². The van der Waals surface area contributed by atoms with E-state index in [1.165, 1.54) is 18.2 Å². The molecule has 0 spiro atoms. The fourth-order valence-corrected chi connectivity index (χ4v) is 2.04. The molecule has 1 N–H and O–H groups in total. The number of hydrogen-bond acceptors (Lipinski definition) is 4. The van der Waals surface area contributed by atoms with E-state index in [0.717, 1.165) is 0 Å². The highest BCUT2D eigenvalue weighted by Crippen LogP contribution is 2.22. The summed E-state index contributed by atoms with van der Waals surface area (Å²) in [5.41, 5.74) is 0.123. The lowest BCUT2D eigenvalue weighted by Gasteiger charge is -2.07. The van der Waals surface area contributed by atoms with E-state index in [4.69, 9.17) is 0 Å². The first-order valence-electron chi connectivity index (χ1n) is 5.76. The molecule has 2 aromatic rings. The molecule has 7 nitrogen and oxygen atoms in total. The number of nitrogens with zero attached hydrogens (tertiary/aromatic N) is 3. The van der Waals surface area contributed by atoms with E-state index in [1.54, 1.807) is 18.7 Å². The summed E-state index contributed by atoms with van der Waals surface area (Å²) in [4.78, 5) is 26.0. The first-order valence-corrected chi connectivity index (χ1v) is 6.55. The molecule has 0 fully saturated rings. The van der Waals surface area contributed by atoms with Crippen molar-refractivity contribution in [2.24, 2.45) is 0 Å². The van der Waals surface area contributed by atoms with Gasteiger partial charge in [-0.25, -0.2) is 4.98 Å². The van der Waals surface area contributed by atoms with E-state index in [1.807, 2.05) is 4.57 Å². The Morgan fingerprint density at radius 2 is 2.30 bits per heavy atom. The number of benzene rings is 1. The van der Waals surface area contributed by atoms with Crippen LogP contribution in [0.3, 0.4) is 0 Å². The predicted octanol–water partition coefficient (Wildman–Crippen LogP) is 1.98. The molecule has 1 heterocycles. The summed E-state index contributed by atoms with van der Waals surface area (Å²) in [6, 6.07) is 4.08. The molecule has 0 aliphatic heterocycles. The van der Waals surface area contributed by atoms with Crippen molar-refractivity contribution in [1.82, 2.24) is 14.9 Å². The van der Waals surface area contributed by atoms with Crippen LogP contribution in [0.15, 0.2) is 41.4 Å². The number of carbonyl (C=O) groups is 1. The van der Waals surface area contributed by atoms with E-state index < -0.39 is 4.92 Å². The van der Waals surface area contributed by atoms with Gasteiger partial charge in [0.05, 0.1) is 16.8 Å². The molecule has 0 saturated carbocycles. The van der Waals surface area contributed by atoms with Crippen LogP contribution in [0.2, 0.25) is 0 Å². The molecule has 0 aliphatic carbocycles. The number of rotatable bonds is 5. The van der Waals surface area contributed by atoms with Crippen molar-refractivity contribution in [2.75, 3.05) is 6.54 Å². The SMILES string of the molecule is O=C(NCCn1ccnc1)c1cc([N+](=O)[O-])ccc1Br. The summed E-state index contributed by atoms with van der Waals surface area (Å²) in [6.07, 6.45) is 5.09. The Morgan fingerprint density at radius 1 is 1.50 bits per heavy atom. The average molecular weight is 339 g/mol. The number of nitro groups is 1. The van der Waals surface area contributed by atoms with E-state index in [-0.39, 0.29) is 17.2 Å². The first kappa shape index (κ1) is 14.2. The van der Waals surface area contributed by atoms with Crippen LogP contribution in [-0.2, 0) is 6.54 Å². The molecular weight excluding hydrogens is 328 g/mol. The predicted molar refractivity (Wildman–Crippen MR) is 75.4 cm³/mol. The van der Waals surface area contributed by atoms with Gasteiger partial charge in [-0.1, -0.05) is 0 Å². The Morgan fingerprint density at radius 3 is 2.95 bits per heavy atom. The lowest BCUT2D eigenvalue weighted by molar-refractivity contribution is -0.384. The number of carbonyl (C=O) groups excluding carboxylic acids is 1. The van der Waals surface area contributed by atoms with E-state index in [0.29, 0.717) is 17.6 Å². The molecule has 0 radical (unpaired) electrons. The summed E-state index contributed by atoms with van der Waals surface area (Å²) >= 11 is 3.21. The number of nitrogens with one attached hydrogen (secondary N) is 1. The molecular formula is C12H11BrN4O3. The molecule has 0 atom stereocenters. The number of imidazole rings is 1. The van der Waals surface area contributed by atoms with Crippen molar-refractivity contribution in [2.45, 2.75) is 6.54 Å². The van der Waals surface area contributed by atoms with Gasteiger partial charge in [-0.05, 0) is 22.0 Å². The van der Waals surface area contributed by atoms with Crippen LogP contribution in [0.5, 0.6) is 0 Å². The normalized spacial score (nSPS) is 10.2. The highest BCUT2D eigenvalue weighted by molar-refractivity contribution is 9.10. The van der Waals surface area contributed by atoms with E-state index >= 15 is 0 Å². The fourth-order valence-electron chi connectivity index (χ4n) is 1.61. The van der Waals surface area contributed by atoms with Gasteiger partial charge < -0.3 is 9.88 Å². The summed E-state index contributed by atoms with van der Waals surface area (Å²) in [5, 5.41) is 13.4. The fraction of sp³-hybridized carbons (Fsp3) is 0.167. The Balaban J connectivity index is 2.01. The van der Waals surface area contributed by atoms with Crippen molar-refractivity contribution in [3.05, 3.63) is 57.1 Å². The number of halogens is 1. The number of nitro benzene ring substituents is 1. The zero-order valence-electron chi connectivity index (χ0n) is 10.3. The van der Waals surface area contributed by atoms with Crippen LogP contribution < -0.4 is 5.32 Å². The first-order chi connectivity index (χ1) is 9.58. The highest BCUT2D eigenvalue weighted by Gasteiger charge is 2.15. The standard InChI is InChI=1S/C12H11BrN4O3/c13-11-2-1-9(17(19)20)7-10(11)12(18)15-4-6-16-5-3-14-8-16/h1-3,5,7-8H,4,6H2,(H,15,18). The summed E-state index contributed by atoms with van der Waals surface area (Å²) in [7, 11) is 0. The molecule has 0 bridgehead atoms. The summed E-state index contributed by atoms with van der Waals surface area (Å²) in [5.74, 6) is -0.360. The third-order valence-corrected chi connectivity index (χ3v) is 3.31. The monoisotopic (exact) mass is 338 g/mol. The molecule has 1 aromatic carbocycles. The Kier molecular flexibility index (Phi) is 4.46. The maximum atomic E-state index is 12.0. The van der Waals surface area contributed by atoms with Crippen LogP contribution in [0, 0.1) is 10.1 Å². The molecule has 2 rings (SSSR count). The van der Waals surface area contributed by atoms with Crippen LogP contribution in [0.1, 0.15) is 10.4 Å². The Hall–Kier alpha value is -2.22. The number of non-ortho nitro benzene ring substituents is 1. The van der Waals surface area contributed by atoms with Crippen LogP contribution in [0.4, 0.5) is 5.69 Å². The van der Waals surface area contributed by atoms with Gasteiger partial charge in [-0.3, -0.25) is 14.9 Å². The number of amides is 1. The third-order valence-electron chi connectivity index (χ3n) is 2.62. The number of aromatic nitrogens is 2. The highest BCUT2D eigenvalue weighted by atomic mass is 79.9. The molecule has 20 heavy (non-hydrogen) atoms. The maximum absolute atomic E-state index is 12.0. The Labute approximate surface area is 122 Å². The van der Waals surface area contributed by atoms with Gasteiger partial charge in [0, 0.05) is 42.1 Å². The second-order valence-electron chi connectivity index (χ2n) is 3.98. The molecule has 0 saturated heterocycles. The molecule has 0 unspecified atom stereocenters. The lowest BCUT2D eigenvalue weighted by Crippen LogP contribution is -2.27. The molecule has 0 aliphatic rings. The van der Waals surface area contributed by atoms with Crippen molar-refractivity contribution in [3.8, 4) is 0 Å². The number of hydrogen-bond donors (Lipinski definition) is 1. The molecule has 1 amide bonds. The molecule has 1 aromatic heterocycles. The average Bonchev–Trinajstić information content (AvgIpc) is 2.92. The second kappa shape index (κ2) is 6.29. The van der Waals surface area contributed by atoms with Crippen molar-refractivity contribution >= 4 is 27.5 Å². The molecule has 104 valence electrons. The van der Waals surface area contributed by atoms with Gasteiger partial charge in [0.25, 0.3) is 11.6 Å². The minimum atomic E-state index is -0.533. The summed E-state index contributed by atoms with van der Waals surface area (Å²) < 4.78 is 2.34. The third kappa shape index (κ3) is 3.41. The smallest absolute Gasteiger partial charge is 0.270 e. The van der Waals surface area contributed by atoms with Gasteiger partial charge in [0.2, 0.25) is 0 Å². The van der Waals surface area contributed by atoms with E-state index in [9.17, 15) is 14.9 Å². The minimum Gasteiger partial charge on any atom is -0.350 e. The van der Waals surface area contributed by atoms with E-state index in [2.05, 4.69) is 26.2 Å². The van der Waals surface area contributed by atoms with Crippen molar-refractivity contribution in [1.29, 1.82) is 0 Å². The van der Waals surface area contributed by atoms with Crippen molar-refractivity contribution < 1.29 is 9.72 Å². The van der Waals surface area contributed by atoms with Gasteiger partial charge >= 0.3 is 0 Å². The topological polar surface area (TPSA) is 90.1 Å². The van der Waals surface area contributed by atoms with Crippen LogP contribution in [-0.4, -0.2) is 26.9 Å². The maximum Gasteiger partial charge on any atom is 0.270 e. The largest absolute Gasteiger partial charge is 0.350 e. The minimum absolute atomic E-state index is 0.118.